The molecule has 2 aromatic rings. The molecule has 0 aliphatic rings. The number of methoxy groups -OCH3 is 1. The number of nitrogen functional groups attached to an aromatic ring is 1. The highest BCUT2D eigenvalue weighted by Gasteiger charge is 2.08. The van der Waals surface area contributed by atoms with Gasteiger partial charge in [0, 0.05) is 6.54 Å². The summed E-state index contributed by atoms with van der Waals surface area (Å²) >= 11 is 0. The number of hydrogen-bond donors (Lipinski definition) is 2. The Hall–Kier alpha value is -2.69. The maximum atomic E-state index is 11.5. The van der Waals surface area contributed by atoms with E-state index in [1.165, 1.54) is 7.11 Å². The average molecular weight is 286 g/mol. The van der Waals surface area contributed by atoms with Gasteiger partial charge >= 0.3 is 5.97 Å². The number of carbonyl (C=O) groups excluding carboxylic acids is 1. The molecule has 5 nitrogen and oxygen atoms in total. The molecular weight excluding hydrogens is 268 g/mol. The number of ether oxygens (including phenoxy) is 2. The molecule has 0 aliphatic carbocycles. The molecule has 0 radical (unpaired) electrons. The molecule has 0 atom stereocenters. The summed E-state index contributed by atoms with van der Waals surface area (Å²) < 4.78 is 10.3. The van der Waals surface area contributed by atoms with Gasteiger partial charge in [0.15, 0.2) is 0 Å². The topological polar surface area (TPSA) is 73.6 Å². The Morgan fingerprint density at radius 1 is 1.19 bits per heavy atom. The van der Waals surface area contributed by atoms with Crippen molar-refractivity contribution in [2.75, 3.05) is 31.3 Å². The summed E-state index contributed by atoms with van der Waals surface area (Å²) in [7, 11) is 1.35. The Kier molecular flexibility index (Phi) is 5.04. The van der Waals surface area contributed by atoms with Crippen molar-refractivity contribution in [2.24, 2.45) is 0 Å². The van der Waals surface area contributed by atoms with Crippen LogP contribution in [0.1, 0.15) is 10.4 Å². The van der Waals surface area contributed by atoms with Gasteiger partial charge in [-0.1, -0.05) is 18.2 Å². The first kappa shape index (κ1) is 14.7. The van der Waals surface area contributed by atoms with Crippen molar-refractivity contribution in [2.45, 2.75) is 0 Å². The second-order valence-electron chi connectivity index (χ2n) is 4.38. The van der Waals surface area contributed by atoms with E-state index in [2.05, 4.69) is 10.1 Å². The molecular formula is C16H18N2O3. The zero-order valence-corrected chi connectivity index (χ0v) is 11.8. The van der Waals surface area contributed by atoms with E-state index in [1.54, 1.807) is 18.2 Å². The van der Waals surface area contributed by atoms with Crippen LogP contribution in [-0.2, 0) is 4.74 Å². The lowest BCUT2D eigenvalue weighted by molar-refractivity contribution is 0.0601. The molecule has 2 aromatic carbocycles. The molecule has 0 bridgehead atoms. The number of nitrogens with two attached hydrogens (primary N) is 1. The van der Waals surface area contributed by atoms with Crippen molar-refractivity contribution in [1.29, 1.82) is 0 Å². The Morgan fingerprint density at radius 2 is 1.95 bits per heavy atom. The van der Waals surface area contributed by atoms with Crippen molar-refractivity contribution >= 4 is 17.3 Å². The maximum Gasteiger partial charge on any atom is 0.337 e. The lowest BCUT2D eigenvalue weighted by atomic mass is 10.1. The second kappa shape index (κ2) is 7.19. The first-order chi connectivity index (χ1) is 10.2. The van der Waals surface area contributed by atoms with E-state index >= 15 is 0 Å². The number of anilines is 2. The Morgan fingerprint density at radius 3 is 2.67 bits per heavy atom. The van der Waals surface area contributed by atoms with Crippen LogP contribution in [0, 0.1) is 0 Å². The minimum atomic E-state index is -0.390. The van der Waals surface area contributed by atoms with E-state index in [0.717, 1.165) is 5.75 Å². The summed E-state index contributed by atoms with van der Waals surface area (Å²) in [5.74, 6) is 0.425. The Balaban J connectivity index is 1.89. The van der Waals surface area contributed by atoms with Crippen molar-refractivity contribution in [1.82, 2.24) is 0 Å². The lowest BCUT2D eigenvalue weighted by Crippen LogP contribution is -2.13. The average Bonchev–Trinajstić information content (AvgIpc) is 2.53. The monoisotopic (exact) mass is 286 g/mol. The van der Waals surface area contributed by atoms with Gasteiger partial charge in [-0.15, -0.1) is 0 Å². The van der Waals surface area contributed by atoms with Crippen molar-refractivity contribution < 1.29 is 14.3 Å². The van der Waals surface area contributed by atoms with Crippen LogP contribution in [0.2, 0.25) is 0 Å². The van der Waals surface area contributed by atoms with Crippen LogP contribution >= 0.6 is 0 Å². The van der Waals surface area contributed by atoms with Gasteiger partial charge in [-0.25, -0.2) is 4.79 Å². The fourth-order valence-electron chi connectivity index (χ4n) is 1.83. The normalized spacial score (nSPS) is 9.95. The van der Waals surface area contributed by atoms with Gasteiger partial charge < -0.3 is 20.5 Å². The largest absolute Gasteiger partial charge is 0.492 e. The maximum absolute atomic E-state index is 11.5. The van der Waals surface area contributed by atoms with Crippen molar-refractivity contribution in [3.8, 4) is 5.75 Å². The van der Waals surface area contributed by atoms with Crippen LogP contribution in [0.15, 0.2) is 48.5 Å². The van der Waals surface area contributed by atoms with Crippen LogP contribution in [0.25, 0.3) is 0 Å². The highest BCUT2D eigenvalue weighted by Crippen LogP contribution is 2.20. The third kappa shape index (κ3) is 4.14. The van der Waals surface area contributed by atoms with Gasteiger partial charge in [0.1, 0.15) is 12.4 Å². The Labute approximate surface area is 123 Å². The van der Waals surface area contributed by atoms with Crippen LogP contribution in [-0.4, -0.2) is 26.2 Å². The zero-order chi connectivity index (χ0) is 15.1. The molecule has 0 heterocycles. The molecule has 2 rings (SSSR count). The van der Waals surface area contributed by atoms with E-state index in [0.29, 0.717) is 30.1 Å². The number of benzene rings is 2. The molecule has 0 aliphatic heterocycles. The third-order valence-corrected chi connectivity index (χ3v) is 2.90. The fraction of sp³-hybridized carbons (Fsp3) is 0.188. The number of esters is 1. The van der Waals surface area contributed by atoms with Gasteiger partial charge in [0.05, 0.1) is 24.0 Å². The SMILES string of the molecule is COC(=O)c1ccc(N)c(NCCOc2ccccc2)c1. The number of nitrogens with one attached hydrogen (secondary N) is 1. The first-order valence-electron chi connectivity index (χ1n) is 6.60. The van der Waals surface area contributed by atoms with Gasteiger partial charge in [-0.2, -0.15) is 0 Å². The van der Waals surface area contributed by atoms with E-state index in [4.69, 9.17) is 10.5 Å². The predicted molar refractivity (Wildman–Crippen MR) is 82.6 cm³/mol. The third-order valence-electron chi connectivity index (χ3n) is 2.90. The quantitative estimate of drug-likeness (QED) is 0.485. The summed E-state index contributed by atoms with van der Waals surface area (Å²) in [4.78, 5) is 11.5. The number of para-hydroxylation sites is 1. The van der Waals surface area contributed by atoms with E-state index in [-0.39, 0.29) is 0 Å². The second-order valence-corrected chi connectivity index (χ2v) is 4.38. The molecule has 3 N–H and O–H groups in total. The van der Waals surface area contributed by atoms with Gasteiger partial charge in [-0.3, -0.25) is 0 Å². The molecule has 0 spiro atoms. The molecule has 0 saturated heterocycles. The van der Waals surface area contributed by atoms with Crippen molar-refractivity contribution in [3.05, 3.63) is 54.1 Å². The molecule has 5 heteroatoms. The summed E-state index contributed by atoms with van der Waals surface area (Å²) in [6, 6.07) is 14.5. The van der Waals surface area contributed by atoms with Crippen LogP contribution in [0.3, 0.4) is 0 Å². The van der Waals surface area contributed by atoms with E-state index in [1.807, 2.05) is 30.3 Å². The zero-order valence-electron chi connectivity index (χ0n) is 11.8. The van der Waals surface area contributed by atoms with E-state index in [9.17, 15) is 4.79 Å². The number of carbonyl (C=O) groups is 1. The minimum absolute atomic E-state index is 0.390. The number of rotatable bonds is 6. The molecule has 110 valence electrons. The van der Waals surface area contributed by atoms with Crippen molar-refractivity contribution in [3.63, 3.8) is 0 Å². The number of hydrogen-bond acceptors (Lipinski definition) is 5. The highest BCUT2D eigenvalue weighted by molar-refractivity contribution is 5.91. The van der Waals surface area contributed by atoms with Gasteiger partial charge in [0.25, 0.3) is 0 Å². The summed E-state index contributed by atoms with van der Waals surface area (Å²) in [6.07, 6.45) is 0. The molecule has 0 aromatic heterocycles. The molecule has 0 unspecified atom stereocenters. The smallest absolute Gasteiger partial charge is 0.337 e. The summed E-state index contributed by atoms with van der Waals surface area (Å²) in [5, 5.41) is 3.14. The van der Waals surface area contributed by atoms with Gasteiger partial charge in [-0.05, 0) is 30.3 Å². The standard InChI is InChI=1S/C16H18N2O3/c1-20-16(19)12-7-8-14(17)15(11-12)18-9-10-21-13-5-3-2-4-6-13/h2-8,11,18H,9-10,17H2,1H3. The minimum Gasteiger partial charge on any atom is -0.492 e. The first-order valence-corrected chi connectivity index (χ1v) is 6.60. The fourth-order valence-corrected chi connectivity index (χ4v) is 1.83. The molecule has 21 heavy (non-hydrogen) atoms. The highest BCUT2D eigenvalue weighted by atomic mass is 16.5. The molecule has 0 saturated carbocycles. The van der Waals surface area contributed by atoms with Crippen LogP contribution < -0.4 is 15.8 Å². The Bertz CT molecular complexity index is 600. The summed E-state index contributed by atoms with van der Waals surface area (Å²) in [6.45, 7) is 1.07. The van der Waals surface area contributed by atoms with Crippen LogP contribution in [0.5, 0.6) is 5.75 Å². The molecule has 0 amide bonds. The van der Waals surface area contributed by atoms with Crippen LogP contribution in [0.4, 0.5) is 11.4 Å². The van der Waals surface area contributed by atoms with E-state index < -0.39 is 5.97 Å². The lowest BCUT2D eigenvalue weighted by Gasteiger charge is -2.11. The molecule has 0 fully saturated rings. The summed E-state index contributed by atoms with van der Waals surface area (Å²) in [5.41, 5.74) is 7.59. The predicted octanol–water partition coefficient (Wildman–Crippen LogP) is 2.55. The van der Waals surface area contributed by atoms with Gasteiger partial charge in [0.2, 0.25) is 0 Å².